The molecule has 0 amide bonds. The third kappa shape index (κ3) is 6.19. The smallest absolute Gasteiger partial charge is 0.422 e. The minimum atomic E-state index is -4.40. The number of alkyl halides is 3. The fraction of sp³-hybridized carbons (Fsp3) is 0.444. The topological polar surface area (TPSA) is 78.8 Å². The van der Waals surface area contributed by atoms with Crippen LogP contribution in [0.25, 0.3) is 0 Å². The Morgan fingerprint density at radius 2 is 1.86 bits per heavy atom. The Balaban J connectivity index is 1.51. The number of aromatic nitrogens is 3. The van der Waals surface area contributed by atoms with Crippen molar-refractivity contribution in [2.45, 2.75) is 12.7 Å². The monoisotopic (exact) mass is 409 g/mol. The van der Waals surface area contributed by atoms with E-state index >= 15 is 0 Å². The van der Waals surface area contributed by atoms with E-state index in [-0.39, 0.29) is 5.88 Å². The lowest BCUT2D eigenvalue weighted by atomic mass is 10.2. The number of aliphatic imine (C=N–C) groups is 1. The van der Waals surface area contributed by atoms with E-state index < -0.39 is 12.8 Å². The van der Waals surface area contributed by atoms with Gasteiger partial charge in [-0.2, -0.15) is 13.2 Å². The molecular weight excluding hydrogens is 387 g/mol. The van der Waals surface area contributed by atoms with Crippen molar-refractivity contribution >= 4 is 11.9 Å². The third-order valence-electron chi connectivity index (χ3n) is 4.26. The molecule has 0 radical (unpaired) electrons. The lowest BCUT2D eigenvalue weighted by Gasteiger charge is -2.36. The maximum Gasteiger partial charge on any atom is 0.422 e. The van der Waals surface area contributed by atoms with E-state index in [9.17, 15) is 13.2 Å². The van der Waals surface area contributed by atoms with Gasteiger partial charge in [0.05, 0.1) is 0 Å². The highest BCUT2D eigenvalue weighted by atomic mass is 19.4. The highest BCUT2D eigenvalue weighted by molar-refractivity contribution is 5.80. The Morgan fingerprint density at radius 1 is 1.14 bits per heavy atom. The predicted molar refractivity (Wildman–Crippen MR) is 102 cm³/mol. The quantitative estimate of drug-likeness (QED) is 0.595. The normalized spacial score (nSPS) is 15.4. The number of nitrogens with one attached hydrogen (secondary N) is 1. The lowest BCUT2D eigenvalue weighted by molar-refractivity contribution is -0.154. The summed E-state index contributed by atoms with van der Waals surface area (Å²) in [6, 6.07) is 4.98. The summed E-state index contributed by atoms with van der Waals surface area (Å²) in [5.74, 6) is 1.36. The standard InChI is InChI=1S/C18H22F3N7O/c1-22-16(27-7-9-28(10-8-27)17-24-4-2-5-25-17)26-12-14-3-6-23-15(11-14)29-13-18(19,20)21/h2-6,11H,7-10,12-13H2,1H3,(H,22,26). The van der Waals surface area contributed by atoms with Crippen molar-refractivity contribution in [2.75, 3.05) is 44.7 Å². The van der Waals surface area contributed by atoms with Gasteiger partial charge in [-0.15, -0.1) is 0 Å². The number of ether oxygens (including phenoxy) is 1. The van der Waals surface area contributed by atoms with E-state index in [0.717, 1.165) is 31.7 Å². The average Bonchev–Trinajstić information content (AvgIpc) is 2.74. The van der Waals surface area contributed by atoms with Crippen molar-refractivity contribution in [2.24, 2.45) is 4.99 Å². The Labute approximate surface area is 166 Å². The van der Waals surface area contributed by atoms with Crippen LogP contribution in [0.5, 0.6) is 5.88 Å². The number of guanidine groups is 1. The third-order valence-corrected chi connectivity index (χ3v) is 4.26. The average molecular weight is 409 g/mol. The van der Waals surface area contributed by atoms with Gasteiger partial charge < -0.3 is 19.9 Å². The number of rotatable bonds is 5. The van der Waals surface area contributed by atoms with E-state index in [2.05, 4.69) is 35.1 Å². The van der Waals surface area contributed by atoms with Gasteiger partial charge in [-0.05, 0) is 17.7 Å². The van der Waals surface area contributed by atoms with Crippen molar-refractivity contribution in [3.8, 4) is 5.88 Å². The molecule has 11 heteroatoms. The number of hydrogen-bond donors (Lipinski definition) is 1. The molecule has 0 saturated carbocycles. The Bertz CT molecular complexity index is 809. The van der Waals surface area contributed by atoms with Gasteiger partial charge >= 0.3 is 6.18 Å². The summed E-state index contributed by atoms with van der Waals surface area (Å²) in [7, 11) is 1.69. The van der Waals surface area contributed by atoms with Crippen molar-refractivity contribution < 1.29 is 17.9 Å². The number of halogens is 3. The minimum Gasteiger partial charge on any atom is -0.468 e. The molecule has 3 heterocycles. The second-order valence-electron chi connectivity index (χ2n) is 6.33. The van der Waals surface area contributed by atoms with Crippen LogP contribution in [0.15, 0.2) is 41.8 Å². The molecule has 2 aromatic heterocycles. The number of anilines is 1. The van der Waals surface area contributed by atoms with Crippen molar-refractivity contribution in [1.29, 1.82) is 0 Å². The molecule has 1 saturated heterocycles. The summed E-state index contributed by atoms with van der Waals surface area (Å²) >= 11 is 0. The Kier molecular flexibility index (Phi) is 6.68. The molecule has 0 spiro atoms. The van der Waals surface area contributed by atoms with E-state index in [0.29, 0.717) is 18.5 Å². The molecule has 0 unspecified atom stereocenters. The van der Waals surface area contributed by atoms with Crippen molar-refractivity contribution in [3.05, 3.63) is 42.4 Å². The summed E-state index contributed by atoms with van der Waals surface area (Å²) in [6.07, 6.45) is 0.461. The van der Waals surface area contributed by atoms with Crippen LogP contribution in [0.3, 0.4) is 0 Å². The van der Waals surface area contributed by atoms with E-state index in [1.807, 2.05) is 0 Å². The van der Waals surface area contributed by atoms with Crippen LogP contribution in [0.1, 0.15) is 5.56 Å². The number of pyridine rings is 1. The lowest BCUT2D eigenvalue weighted by Crippen LogP contribution is -2.52. The second-order valence-corrected chi connectivity index (χ2v) is 6.33. The van der Waals surface area contributed by atoms with Gasteiger partial charge in [0.1, 0.15) is 0 Å². The minimum absolute atomic E-state index is 0.0620. The van der Waals surface area contributed by atoms with Crippen LogP contribution in [-0.2, 0) is 6.54 Å². The zero-order valence-electron chi connectivity index (χ0n) is 15.9. The first-order valence-corrected chi connectivity index (χ1v) is 9.06. The number of hydrogen-bond acceptors (Lipinski definition) is 6. The molecule has 1 aliphatic rings. The maximum absolute atomic E-state index is 12.3. The molecule has 3 rings (SSSR count). The second kappa shape index (κ2) is 9.39. The molecule has 1 aliphatic heterocycles. The zero-order valence-corrected chi connectivity index (χ0v) is 15.9. The molecule has 1 fully saturated rings. The van der Waals surface area contributed by atoms with Gasteiger partial charge in [0.2, 0.25) is 11.8 Å². The first-order chi connectivity index (χ1) is 13.9. The van der Waals surface area contributed by atoms with Crippen LogP contribution in [0.4, 0.5) is 19.1 Å². The fourth-order valence-electron chi connectivity index (χ4n) is 2.88. The van der Waals surface area contributed by atoms with Gasteiger partial charge in [-0.1, -0.05) is 0 Å². The highest BCUT2D eigenvalue weighted by Crippen LogP contribution is 2.17. The van der Waals surface area contributed by atoms with Crippen LogP contribution < -0.4 is 15.0 Å². The fourth-order valence-corrected chi connectivity index (χ4v) is 2.88. The molecule has 2 aromatic rings. The summed E-state index contributed by atoms with van der Waals surface area (Å²) < 4.78 is 41.5. The maximum atomic E-state index is 12.3. The molecule has 8 nitrogen and oxygen atoms in total. The van der Waals surface area contributed by atoms with Gasteiger partial charge in [-0.3, -0.25) is 4.99 Å². The molecule has 156 valence electrons. The molecule has 0 bridgehead atoms. The van der Waals surface area contributed by atoms with Crippen LogP contribution >= 0.6 is 0 Å². The molecule has 0 atom stereocenters. The summed E-state index contributed by atoms with van der Waals surface area (Å²) in [6.45, 7) is 2.03. The molecule has 1 N–H and O–H groups in total. The highest BCUT2D eigenvalue weighted by Gasteiger charge is 2.28. The molecular formula is C18H22F3N7O. The first kappa shape index (κ1) is 20.6. The van der Waals surface area contributed by atoms with E-state index in [1.54, 1.807) is 31.6 Å². The molecule has 0 aliphatic carbocycles. The first-order valence-electron chi connectivity index (χ1n) is 9.06. The van der Waals surface area contributed by atoms with Gasteiger partial charge in [0.25, 0.3) is 0 Å². The van der Waals surface area contributed by atoms with Crippen molar-refractivity contribution in [1.82, 2.24) is 25.2 Å². The summed E-state index contributed by atoms with van der Waals surface area (Å²) in [5, 5.41) is 3.23. The van der Waals surface area contributed by atoms with Gasteiger partial charge in [0, 0.05) is 64.4 Å². The zero-order chi connectivity index (χ0) is 20.7. The predicted octanol–water partition coefficient (Wildman–Crippen LogP) is 1.71. The van der Waals surface area contributed by atoms with Crippen LogP contribution in [-0.4, -0.2) is 71.8 Å². The van der Waals surface area contributed by atoms with E-state index in [4.69, 9.17) is 4.74 Å². The van der Waals surface area contributed by atoms with E-state index in [1.165, 1.54) is 12.3 Å². The van der Waals surface area contributed by atoms with Crippen LogP contribution in [0.2, 0.25) is 0 Å². The molecule has 0 aromatic carbocycles. The van der Waals surface area contributed by atoms with Gasteiger partial charge in [0.15, 0.2) is 12.6 Å². The number of piperazine rings is 1. The summed E-state index contributed by atoms with van der Waals surface area (Å²) in [4.78, 5) is 20.9. The summed E-state index contributed by atoms with van der Waals surface area (Å²) in [5.41, 5.74) is 0.745. The SMILES string of the molecule is CN=C(NCc1ccnc(OCC(F)(F)F)c1)N1CCN(c2ncccn2)CC1. The largest absolute Gasteiger partial charge is 0.468 e. The number of nitrogens with zero attached hydrogens (tertiary/aromatic N) is 6. The molecule has 29 heavy (non-hydrogen) atoms. The Morgan fingerprint density at radius 3 is 2.52 bits per heavy atom. The van der Waals surface area contributed by atoms with Crippen LogP contribution in [0, 0.1) is 0 Å². The Hall–Kier alpha value is -3.11. The van der Waals surface area contributed by atoms with Crippen molar-refractivity contribution in [3.63, 3.8) is 0 Å². The van der Waals surface area contributed by atoms with Gasteiger partial charge in [-0.25, -0.2) is 15.0 Å².